The van der Waals surface area contributed by atoms with Crippen LogP contribution in [0.25, 0.3) is 0 Å². The Bertz CT molecular complexity index is 1040. The first-order valence-corrected chi connectivity index (χ1v) is 12.0. The van der Waals surface area contributed by atoms with Gasteiger partial charge in [-0.15, -0.1) is 49.2 Å². The number of hydrogen-bond acceptors (Lipinski definition) is 2. The van der Waals surface area contributed by atoms with Crippen LogP contribution in [0.15, 0.2) is 60.7 Å². The standard InChI is InChI=1S/2C10H10F2NO.2C5H5.Ti/c2*1-2-3-10(14)13-9-5-4-7(11)6-8(9)12;2*1-2-4-5-3-1;/h2*4-5H,2-3H2,1H3,(H,13,14);2*1-3H,4H2;/q4*-1;+4. The molecular weight excluding hydrogens is 544 g/mol. The maximum Gasteiger partial charge on any atom is 4.00 e. The zero-order chi connectivity index (χ0) is 28.2. The summed E-state index contributed by atoms with van der Waals surface area (Å²) < 4.78 is 50.7. The van der Waals surface area contributed by atoms with Gasteiger partial charge >= 0.3 is 21.7 Å². The van der Waals surface area contributed by atoms with Crippen LogP contribution in [0.2, 0.25) is 0 Å². The van der Waals surface area contributed by atoms with Gasteiger partial charge in [0.1, 0.15) is 0 Å². The molecule has 204 valence electrons. The van der Waals surface area contributed by atoms with Crippen molar-refractivity contribution in [1.29, 1.82) is 0 Å². The molecule has 2 aromatic carbocycles. The molecule has 4 nitrogen and oxygen atoms in total. The number of amides is 2. The molecule has 2 aliphatic carbocycles. The third-order valence-electron chi connectivity index (χ3n) is 4.40. The molecule has 0 bridgehead atoms. The van der Waals surface area contributed by atoms with E-state index in [9.17, 15) is 27.2 Å². The second-order valence-electron chi connectivity index (χ2n) is 7.67. The van der Waals surface area contributed by atoms with Crippen molar-refractivity contribution in [2.45, 2.75) is 52.4 Å². The molecule has 39 heavy (non-hydrogen) atoms. The minimum Gasteiger partial charge on any atom is -0.377 e. The van der Waals surface area contributed by atoms with E-state index in [2.05, 4.69) is 34.9 Å². The fourth-order valence-corrected chi connectivity index (χ4v) is 2.64. The van der Waals surface area contributed by atoms with E-state index in [1.165, 1.54) is 12.1 Å². The summed E-state index contributed by atoms with van der Waals surface area (Å²) in [5, 5.41) is 4.65. The average Bonchev–Trinajstić information content (AvgIpc) is 3.63. The van der Waals surface area contributed by atoms with Crippen molar-refractivity contribution in [2.24, 2.45) is 0 Å². The number of halogens is 4. The minimum absolute atomic E-state index is 0. The maximum absolute atomic E-state index is 12.9. The monoisotopic (exact) mass is 574 g/mol. The fraction of sp³-hybridized carbons (Fsp3) is 0.267. The Morgan fingerprint density at radius 3 is 1.33 bits per heavy atom. The summed E-state index contributed by atoms with van der Waals surface area (Å²) in [6, 6.07) is 8.12. The number of carbonyl (C=O) groups is 2. The molecule has 0 aliphatic heterocycles. The molecule has 0 spiro atoms. The summed E-state index contributed by atoms with van der Waals surface area (Å²) in [7, 11) is 0. The van der Waals surface area contributed by atoms with Crippen LogP contribution in [0, 0.1) is 47.6 Å². The molecule has 0 heterocycles. The Morgan fingerprint density at radius 2 is 1.10 bits per heavy atom. The third-order valence-corrected chi connectivity index (χ3v) is 4.40. The summed E-state index contributed by atoms with van der Waals surface area (Å²) in [5.41, 5.74) is -0.0744. The van der Waals surface area contributed by atoms with Gasteiger partial charge in [-0.2, -0.15) is 12.2 Å². The topological polar surface area (TPSA) is 58.2 Å². The van der Waals surface area contributed by atoms with Gasteiger partial charge in [-0.25, -0.2) is 41.9 Å². The zero-order valence-corrected chi connectivity index (χ0v) is 23.4. The Hall–Kier alpha value is -3.23. The van der Waals surface area contributed by atoms with Gasteiger partial charge in [-0.1, -0.05) is 13.8 Å². The molecule has 0 aromatic heterocycles. The molecule has 2 amide bonds. The minimum atomic E-state index is -0.880. The van der Waals surface area contributed by atoms with Crippen molar-refractivity contribution < 1.29 is 48.9 Å². The predicted octanol–water partition coefficient (Wildman–Crippen LogP) is 7.62. The number of benzene rings is 2. The Balaban J connectivity index is 0.000000537. The smallest absolute Gasteiger partial charge is 0.377 e. The molecule has 9 heteroatoms. The Labute approximate surface area is 242 Å². The molecule has 2 N–H and O–H groups in total. The van der Waals surface area contributed by atoms with Crippen LogP contribution in [0.1, 0.15) is 52.4 Å². The van der Waals surface area contributed by atoms with Crippen molar-refractivity contribution in [1.82, 2.24) is 0 Å². The van der Waals surface area contributed by atoms with Crippen molar-refractivity contribution in [3.8, 4) is 0 Å². The molecule has 2 aliphatic rings. The van der Waals surface area contributed by atoms with Crippen LogP contribution in [0.3, 0.4) is 0 Å². The van der Waals surface area contributed by atoms with Crippen LogP contribution in [0.4, 0.5) is 28.9 Å². The quantitative estimate of drug-likeness (QED) is 0.212. The van der Waals surface area contributed by atoms with Crippen molar-refractivity contribution in [2.75, 3.05) is 10.6 Å². The third kappa shape index (κ3) is 17.1. The average molecular weight is 574 g/mol. The normalized spacial score (nSPS) is 11.6. The van der Waals surface area contributed by atoms with Crippen LogP contribution < -0.4 is 10.6 Å². The van der Waals surface area contributed by atoms with E-state index in [0.29, 0.717) is 25.7 Å². The van der Waals surface area contributed by atoms with E-state index >= 15 is 0 Å². The van der Waals surface area contributed by atoms with Crippen LogP contribution in [0.5, 0.6) is 0 Å². The molecule has 0 atom stereocenters. The van der Waals surface area contributed by atoms with Gasteiger partial charge in [-0.05, 0) is 24.2 Å². The summed E-state index contributed by atoms with van der Waals surface area (Å²) >= 11 is 0. The van der Waals surface area contributed by atoms with Crippen LogP contribution >= 0.6 is 0 Å². The largest absolute Gasteiger partial charge is 4.00 e. The van der Waals surface area contributed by atoms with E-state index in [4.69, 9.17) is 0 Å². The number of nitrogens with one attached hydrogen (secondary N) is 2. The van der Waals surface area contributed by atoms with Gasteiger partial charge in [0.05, 0.1) is 0 Å². The van der Waals surface area contributed by atoms with Gasteiger partial charge < -0.3 is 10.6 Å². The molecule has 0 unspecified atom stereocenters. The maximum atomic E-state index is 12.9. The van der Waals surface area contributed by atoms with Crippen molar-refractivity contribution in [3.63, 3.8) is 0 Å². The van der Waals surface area contributed by atoms with E-state index in [-0.39, 0.29) is 44.9 Å². The molecule has 0 radical (unpaired) electrons. The van der Waals surface area contributed by atoms with E-state index in [0.717, 1.165) is 25.0 Å². The molecule has 2 aromatic rings. The summed E-state index contributed by atoms with van der Waals surface area (Å²) in [5.74, 6) is -3.89. The van der Waals surface area contributed by atoms with Gasteiger partial charge in [0.15, 0.2) is 0 Å². The Kier molecular flexibility index (Phi) is 19.9. The van der Waals surface area contributed by atoms with Gasteiger partial charge in [0, 0.05) is 36.1 Å². The number of anilines is 2. The van der Waals surface area contributed by atoms with Crippen LogP contribution in [-0.2, 0) is 31.3 Å². The van der Waals surface area contributed by atoms with Gasteiger partial charge in [0.2, 0.25) is 11.8 Å². The van der Waals surface area contributed by atoms with Gasteiger partial charge in [0.25, 0.3) is 0 Å². The Morgan fingerprint density at radius 1 is 0.718 bits per heavy atom. The van der Waals surface area contributed by atoms with Crippen molar-refractivity contribution >= 4 is 23.2 Å². The second kappa shape index (κ2) is 21.7. The second-order valence-corrected chi connectivity index (χ2v) is 7.67. The first-order chi connectivity index (χ1) is 18.3. The molecule has 0 saturated heterocycles. The summed E-state index contributed by atoms with van der Waals surface area (Å²) in [4.78, 5) is 22.1. The number of allylic oxidation sites excluding steroid dienone is 8. The molecule has 4 rings (SSSR count). The fourth-order valence-electron chi connectivity index (χ4n) is 2.64. The summed E-state index contributed by atoms with van der Waals surface area (Å²) in [6.07, 6.45) is 22.0. The SMILES string of the molecule is CCCC(=O)Nc1ccc(F)[c-]c1F.CCCC(=O)Nc1ccc(F)[c-]c1F.[C-]1=CC=CC1.[C-]1=CC=CC1.[Ti+4]. The van der Waals surface area contributed by atoms with E-state index in [1.54, 1.807) is 0 Å². The van der Waals surface area contributed by atoms with E-state index in [1.807, 2.05) is 50.3 Å². The molecule has 0 saturated carbocycles. The van der Waals surface area contributed by atoms with E-state index < -0.39 is 23.3 Å². The summed E-state index contributed by atoms with van der Waals surface area (Å²) in [6.45, 7) is 3.68. The molecular formula is C30H30F4N2O2Ti. The number of hydrogen-bond donors (Lipinski definition) is 2. The zero-order valence-electron chi connectivity index (χ0n) is 21.8. The predicted molar refractivity (Wildman–Crippen MR) is 141 cm³/mol. The number of carbonyl (C=O) groups excluding carboxylic acids is 2. The first kappa shape index (κ1) is 35.8. The first-order valence-electron chi connectivity index (χ1n) is 12.0. The number of rotatable bonds is 6. The van der Waals surface area contributed by atoms with Gasteiger partial charge in [-0.3, -0.25) is 21.7 Å². The van der Waals surface area contributed by atoms with Crippen molar-refractivity contribution in [3.05, 3.63) is 108 Å². The molecule has 0 fully saturated rings. The van der Waals surface area contributed by atoms with Crippen LogP contribution in [-0.4, -0.2) is 11.8 Å².